The number of amides is 2. The lowest BCUT2D eigenvalue weighted by Crippen LogP contribution is -2.30. The largest absolute Gasteiger partial charge is 0.481 e. The fourth-order valence-corrected chi connectivity index (χ4v) is 3.82. The molecule has 0 radical (unpaired) electrons. The third-order valence-corrected chi connectivity index (χ3v) is 5.93. The third kappa shape index (κ3) is 6.19. The number of rotatable bonds is 7. The molecular formula is C22H21Cl2N3O3S. The molecule has 0 saturated carbocycles. The van der Waals surface area contributed by atoms with Gasteiger partial charge in [0.25, 0.3) is 5.91 Å². The average molecular weight is 478 g/mol. The minimum Gasteiger partial charge on any atom is -0.481 e. The molecule has 2 amide bonds. The van der Waals surface area contributed by atoms with Crippen LogP contribution in [0.25, 0.3) is 11.3 Å². The average Bonchev–Trinajstić information content (AvgIpc) is 3.18. The minimum atomic E-state index is -0.751. The molecule has 0 aliphatic rings. The van der Waals surface area contributed by atoms with Gasteiger partial charge < -0.3 is 10.1 Å². The van der Waals surface area contributed by atoms with Crippen molar-refractivity contribution in [2.75, 3.05) is 5.32 Å². The Morgan fingerprint density at radius 2 is 1.77 bits per heavy atom. The smallest absolute Gasteiger partial charge is 0.266 e. The number of carbonyl (C=O) groups is 2. The molecule has 31 heavy (non-hydrogen) atoms. The summed E-state index contributed by atoms with van der Waals surface area (Å²) in [5.41, 5.74) is 2.66. The van der Waals surface area contributed by atoms with Crippen LogP contribution in [0.15, 0.2) is 47.8 Å². The molecule has 3 aromatic rings. The van der Waals surface area contributed by atoms with Crippen LogP contribution >= 0.6 is 34.5 Å². The van der Waals surface area contributed by atoms with E-state index in [0.717, 1.165) is 16.8 Å². The monoisotopic (exact) mass is 477 g/mol. The van der Waals surface area contributed by atoms with Gasteiger partial charge in [-0.05, 0) is 31.5 Å². The number of aromatic nitrogens is 1. The van der Waals surface area contributed by atoms with Crippen molar-refractivity contribution in [3.05, 3.63) is 63.5 Å². The molecular weight excluding hydrogens is 457 g/mol. The van der Waals surface area contributed by atoms with E-state index in [1.165, 1.54) is 18.3 Å². The molecule has 9 heteroatoms. The van der Waals surface area contributed by atoms with Gasteiger partial charge in [-0.15, -0.1) is 11.3 Å². The van der Waals surface area contributed by atoms with Crippen LogP contribution in [-0.2, 0) is 9.59 Å². The molecule has 2 aromatic carbocycles. The number of nitrogens with zero attached hydrogens (tertiary/aromatic N) is 1. The lowest BCUT2D eigenvalue weighted by atomic mass is 10.1. The van der Waals surface area contributed by atoms with E-state index in [9.17, 15) is 9.59 Å². The van der Waals surface area contributed by atoms with Gasteiger partial charge in [0.05, 0.1) is 21.8 Å². The SMILES string of the molecule is CC(=O)N[C@H](C)c1ccc(-c2csc(NC(=O)[C@@H](C)Oc3ccc(Cl)c(Cl)c3)n2)cc1. The zero-order valence-corrected chi connectivity index (χ0v) is 19.4. The lowest BCUT2D eigenvalue weighted by molar-refractivity contribution is -0.122. The Balaban J connectivity index is 1.61. The van der Waals surface area contributed by atoms with Crippen molar-refractivity contribution >= 4 is 51.5 Å². The van der Waals surface area contributed by atoms with Gasteiger partial charge in [0.15, 0.2) is 11.2 Å². The standard InChI is InChI=1S/C22H21Cl2N3O3S/c1-12(25-14(3)28)15-4-6-16(7-5-15)20-11-31-22(26-20)27-21(29)13(2)30-17-8-9-18(23)19(24)10-17/h4-13H,1-3H3,(H,25,28)(H,26,27,29)/t12-,13-/m1/s1. The summed E-state index contributed by atoms with van der Waals surface area (Å²) < 4.78 is 5.63. The highest BCUT2D eigenvalue weighted by molar-refractivity contribution is 7.14. The van der Waals surface area contributed by atoms with E-state index in [1.807, 2.05) is 36.6 Å². The molecule has 2 N–H and O–H groups in total. The number of carbonyl (C=O) groups excluding carboxylic acids is 2. The topological polar surface area (TPSA) is 80.3 Å². The van der Waals surface area contributed by atoms with Crippen LogP contribution in [0.3, 0.4) is 0 Å². The number of hydrogen-bond acceptors (Lipinski definition) is 5. The van der Waals surface area contributed by atoms with Crippen molar-refractivity contribution in [1.82, 2.24) is 10.3 Å². The zero-order valence-electron chi connectivity index (χ0n) is 17.1. The van der Waals surface area contributed by atoms with E-state index in [0.29, 0.717) is 20.9 Å². The second kappa shape index (κ2) is 10.1. The summed E-state index contributed by atoms with van der Waals surface area (Å²) in [6.45, 7) is 5.06. The number of ether oxygens (including phenoxy) is 1. The number of nitrogens with one attached hydrogen (secondary N) is 2. The van der Waals surface area contributed by atoms with E-state index in [1.54, 1.807) is 25.1 Å². The third-order valence-electron chi connectivity index (χ3n) is 4.43. The molecule has 3 rings (SSSR count). The molecule has 6 nitrogen and oxygen atoms in total. The normalized spacial score (nSPS) is 12.7. The fraction of sp³-hybridized carbons (Fsp3) is 0.227. The van der Waals surface area contributed by atoms with Crippen molar-refractivity contribution in [3.63, 3.8) is 0 Å². The number of halogens is 2. The van der Waals surface area contributed by atoms with Crippen LogP contribution < -0.4 is 15.4 Å². The Morgan fingerprint density at radius 3 is 2.42 bits per heavy atom. The van der Waals surface area contributed by atoms with Gasteiger partial charge >= 0.3 is 0 Å². The molecule has 0 fully saturated rings. The summed E-state index contributed by atoms with van der Waals surface area (Å²) in [5, 5.41) is 8.73. The van der Waals surface area contributed by atoms with Gasteiger partial charge in [-0.3, -0.25) is 14.9 Å². The second-order valence-corrected chi connectivity index (χ2v) is 8.58. The van der Waals surface area contributed by atoms with Crippen LogP contribution in [0.4, 0.5) is 5.13 Å². The zero-order chi connectivity index (χ0) is 22.5. The van der Waals surface area contributed by atoms with Crippen molar-refractivity contribution in [2.45, 2.75) is 32.9 Å². The van der Waals surface area contributed by atoms with Crippen LogP contribution in [-0.4, -0.2) is 22.9 Å². The molecule has 0 spiro atoms. The minimum absolute atomic E-state index is 0.0751. The molecule has 0 saturated heterocycles. The highest BCUT2D eigenvalue weighted by Crippen LogP contribution is 2.28. The maximum atomic E-state index is 12.5. The highest BCUT2D eigenvalue weighted by Gasteiger charge is 2.17. The Morgan fingerprint density at radius 1 is 1.06 bits per heavy atom. The number of anilines is 1. The summed E-state index contributed by atoms with van der Waals surface area (Å²) in [7, 11) is 0. The molecule has 0 bridgehead atoms. The Labute approximate surface area is 194 Å². The van der Waals surface area contributed by atoms with Crippen molar-refractivity contribution < 1.29 is 14.3 Å². The fourth-order valence-electron chi connectivity index (χ4n) is 2.81. The van der Waals surface area contributed by atoms with Crippen molar-refractivity contribution in [1.29, 1.82) is 0 Å². The van der Waals surface area contributed by atoms with E-state index >= 15 is 0 Å². The molecule has 0 unspecified atom stereocenters. The van der Waals surface area contributed by atoms with Crippen LogP contribution in [0.2, 0.25) is 10.0 Å². The lowest BCUT2D eigenvalue weighted by Gasteiger charge is -2.14. The first-order chi connectivity index (χ1) is 14.7. The molecule has 2 atom stereocenters. The summed E-state index contributed by atoms with van der Waals surface area (Å²) >= 11 is 13.2. The molecule has 1 heterocycles. The van der Waals surface area contributed by atoms with Crippen molar-refractivity contribution in [2.24, 2.45) is 0 Å². The maximum Gasteiger partial charge on any atom is 0.266 e. The van der Waals surface area contributed by atoms with Gasteiger partial charge in [-0.25, -0.2) is 4.98 Å². The number of thiazole rings is 1. The molecule has 1 aromatic heterocycles. The predicted molar refractivity (Wildman–Crippen MR) is 125 cm³/mol. The summed E-state index contributed by atoms with van der Waals surface area (Å²) in [6, 6.07) is 12.5. The highest BCUT2D eigenvalue weighted by atomic mass is 35.5. The van der Waals surface area contributed by atoms with Gasteiger partial charge in [0.1, 0.15) is 5.75 Å². The van der Waals surface area contributed by atoms with Crippen molar-refractivity contribution in [3.8, 4) is 17.0 Å². The summed E-state index contributed by atoms with van der Waals surface area (Å²) in [4.78, 5) is 28.2. The van der Waals surface area contributed by atoms with E-state index in [2.05, 4.69) is 15.6 Å². The summed E-state index contributed by atoms with van der Waals surface area (Å²) in [5.74, 6) is 0.0470. The Kier molecular flexibility index (Phi) is 7.54. The van der Waals surface area contributed by atoms with E-state index < -0.39 is 6.10 Å². The van der Waals surface area contributed by atoms with Crippen LogP contribution in [0, 0.1) is 0 Å². The van der Waals surface area contributed by atoms with Gasteiger partial charge in [-0.2, -0.15) is 0 Å². The first-order valence-corrected chi connectivity index (χ1v) is 11.1. The van der Waals surface area contributed by atoms with Gasteiger partial charge in [-0.1, -0.05) is 47.5 Å². The van der Waals surface area contributed by atoms with Crippen LogP contribution in [0.5, 0.6) is 5.75 Å². The first-order valence-electron chi connectivity index (χ1n) is 9.48. The second-order valence-electron chi connectivity index (χ2n) is 6.91. The molecule has 0 aliphatic carbocycles. The number of hydrogen-bond donors (Lipinski definition) is 2. The Bertz CT molecular complexity index is 1090. The maximum absolute atomic E-state index is 12.5. The Hall–Kier alpha value is -2.61. The predicted octanol–water partition coefficient (Wildman–Crippen LogP) is 5.72. The van der Waals surface area contributed by atoms with E-state index in [4.69, 9.17) is 27.9 Å². The molecule has 0 aliphatic heterocycles. The van der Waals surface area contributed by atoms with E-state index in [-0.39, 0.29) is 17.9 Å². The number of benzene rings is 2. The molecule has 162 valence electrons. The summed E-state index contributed by atoms with van der Waals surface area (Å²) in [6.07, 6.45) is -0.751. The van der Waals surface area contributed by atoms with Gasteiger partial charge in [0.2, 0.25) is 5.91 Å². The quantitative estimate of drug-likeness (QED) is 0.455. The first kappa shape index (κ1) is 23.1. The van der Waals surface area contributed by atoms with Crippen LogP contribution in [0.1, 0.15) is 32.4 Å². The van der Waals surface area contributed by atoms with Gasteiger partial charge in [0, 0.05) is 23.9 Å².